The summed E-state index contributed by atoms with van der Waals surface area (Å²) in [4.78, 5) is 12.0. The second kappa shape index (κ2) is 8.01. The van der Waals surface area contributed by atoms with E-state index in [1.54, 1.807) is 6.92 Å². The molecule has 3 heteroatoms. The summed E-state index contributed by atoms with van der Waals surface area (Å²) in [6, 6.07) is 7.70. The first-order chi connectivity index (χ1) is 8.69. The van der Waals surface area contributed by atoms with Crippen molar-refractivity contribution in [3.8, 4) is 0 Å². The fraction of sp³-hybridized carbons (Fsp3) is 0.533. The average Bonchev–Trinajstić information content (AvgIpc) is 2.42. The molecule has 1 unspecified atom stereocenters. The Morgan fingerprint density at radius 1 is 1.17 bits per heavy atom. The zero-order chi connectivity index (χ0) is 13.4. The van der Waals surface area contributed by atoms with E-state index in [1.165, 1.54) is 5.56 Å². The Bertz CT molecular complexity index is 357. The quantitative estimate of drug-likeness (QED) is 0.525. The Labute approximate surface area is 109 Å². The zero-order valence-electron chi connectivity index (χ0n) is 11.4. The second-order valence-electron chi connectivity index (χ2n) is 4.12. The van der Waals surface area contributed by atoms with Gasteiger partial charge < -0.3 is 9.47 Å². The molecule has 0 aliphatic rings. The molecule has 1 rings (SSSR count). The van der Waals surface area contributed by atoms with Crippen molar-refractivity contribution in [3.05, 3.63) is 35.4 Å². The van der Waals surface area contributed by atoms with E-state index in [4.69, 9.17) is 9.47 Å². The van der Waals surface area contributed by atoms with Gasteiger partial charge >= 0.3 is 0 Å². The standard InChI is InChI=1S/C15H22O3/c1-4-13-6-8-14(9-7-13)15(16)12(3)18-11-10-17-5-2/h6-9,12H,4-5,10-11H2,1-3H3. The van der Waals surface area contributed by atoms with E-state index in [2.05, 4.69) is 6.92 Å². The van der Waals surface area contributed by atoms with E-state index >= 15 is 0 Å². The summed E-state index contributed by atoms with van der Waals surface area (Å²) in [5, 5.41) is 0. The van der Waals surface area contributed by atoms with Crippen LogP contribution in [-0.4, -0.2) is 31.7 Å². The Balaban J connectivity index is 2.46. The van der Waals surface area contributed by atoms with Crippen molar-refractivity contribution in [2.45, 2.75) is 33.3 Å². The highest BCUT2D eigenvalue weighted by atomic mass is 16.5. The Kier molecular flexibility index (Phi) is 6.61. The van der Waals surface area contributed by atoms with Crippen LogP contribution in [0.2, 0.25) is 0 Å². The minimum absolute atomic E-state index is 0.0224. The molecular weight excluding hydrogens is 228 g/mol. The molecule has 0 aromatic heterocycles. The lowest BCUT2D eigenvalue weighted by Crippen LogP contribution is -2.22. The molecule has 1 atom stereocenters. The highest BCUT2D eigenvalue weighted by Crippen LogP contribution is 2.09. The minimum atomic E-state index is -0.419. The van der Waals surface area contributed by atoms with Crippen LogP contribution in [0.15, 0.2) is 24.3 Å². The lowest BCUT2D eigenvalue weighted by atomic mass is 10.0. The molecule has 0 bridgehead atoms. The first-order valence-corrected chi connectivity index (χ1v) is 6.51. The summed E-state index contributed by atoms with van der Waals surface area (Å²) in [5.41, 5.74) is 1.94. The van der Waals surface area contributed by atoms with Crippen LogP contribution in [0, 0.1) is 0 Å². The van der Waals surface area contributed by atoms with Gasteiger partial charge in [0.15, 0.2) is 5.78 Å². The maximum Gasteiger partial charge on any atom is 0.191 e. The van der Waals surface area contributed by atoms with Crippen LogP contribution in [0.3, 0.4) is 0 Å². The van der Waals surface area contributed by atoms with Crippen molar-refractivity contribution in [1.29, 1.82) is 0 Å². The molecule has 0 fully saturated rings. The smallest absolute Gasteiger partial charge is 0.191 e. The molecule has 18 heavy (non-hydrogen) atoms. The van der Waals surface area contributed by atoms with Crippen molar-refractivity contribution in [2.24, 2.45) is 0 Å². The lowest BCUT2D eigenvalue weighted by Gasteiger charge is -2.12. The number of ketones is 1. The van der Waals surface area contributed by atoms with E-state index in [0.29, 0.717) is 25.4 Å². The summed E-state index contributed by atoms with van der Waals surface area (Å²) < 4.78 is 10.6. The Morgan fingerprint density at radius 2 is 1.83 bits per heavy atom. The van der Waals surface area contributed by atoms with Crippen LogP contribution < -0.4 is 0 Å². The van der Waals surface area contributed by atoms with Crippen LogP contribution >= 0.6 is 0 Å². The van der Waals surface area contributed by atoms with Gasteiger partial charge in [0, 0.05) is 12.2 Å². The van der Waals surface area contributed by atoms with Gasteiger partial charge in [-0.25, -0.2) is 0 Å². The van der Waals surface area contributed by atoms with Gasteiger partial charge in [0.1, 0.15) is 6.10 Å². The summed E-state index contributed by atoms with van der Waals surface area (Å²) in [7, 11) is 0. The molecule has 0 heterocycles. The number of carbonyl (C=O) groups excluding carboxylic acids is 1. The predicted molar refractivity (Wildman–Crippen MR) is 72.1 cm³/mol. The third kappa shape index (κ3) is 4.59. The third-order valence-corrected chi connectivity index (χ3v) is 2.82. The van der Waals surface area contributed by atoms with Crippen LogP contribution in [0.25, 0.3) is 0 Å². The number of rotatable bonds is 8. The number of Topliss-reactive ketones (excluding diaryl/α,β-unsaturated/α-hetero) is 1. The Hall–Kier alpha value is -1.19. The van der Waals surface area contributed by atoms with Crippen molar-refractivity contribution in [3.63, 3.8) is 0 Å². The first-order valence-electron chi connectivity index (χ1n) is 6.51. The second-order valence-corrected chi connectivity index (χ2v) is 4.12. The molecule has 0 N–H and O–H groups in total. The topological polar surface area (TPSA) is 35.5 Å². The molecule has 1 aromatic carbocycles. The molecular formula is C15H22O3. The predicted octanol–water partition coefficient (Wildman–Crippen LogP) is 2.87. The van der Waals surface area contributed by atoms with Gasteiger partial charge in [-0.15, -0.1) is 0 Å². The molecule has 0 saturated carbocycles. The number of benzene rings is 1. The Morgan fingerprint density at radius 3 is 2.39 bits per heavy atom. The number of ether oxygens (including phenoxy) is 2. The third-order valence-electron chi connectivity index (χ3n) is 2.82. The molecule has 0 saturated heterocycles. The molecule has 0 amide bonds. The van der Waals surface area contributed by atoms with Crippen molar-refractivity contribution >= 4 is 5.78 Å². The number of carbonyl (C=O) groups is 1. The van der Waals surface area contributed by atoms with Gasteiger partial charge in [-0.3, -0.25) is 4.79 Å². The van der Waals surface area contributed by atoms with Crippen molar-refractivity contribution in [1.82, 2.24) is 0 Å². The summed E-state index contributed by atoms with van der Waals surface area (Å²) >= 11 is 0. The SMILES string of the molecule is CCOCCOC(C)C(=O)c1ccc(CC)cc1. The maximum absolute atomic E-state index is 12.0. The van der Waals surface area contributed by atoms with Crippen LogP contribution in [0.1, 0.15) is 36.7 Å². The van der Waals surface area contributed by atoms with Crippen molar-refractivity contribution < 1.29 is 14.3 Å². The normalized spacial score (nSPS) is 12.4. The fourth-order valence-electron chi connectivity index (χ4n) is 1.64. The molecule has 100 valence electrons. The number of aryl methyl sites for hydroxylation is 1. The molecule has 3 nitrogen and oxygen atoms in total. The van der Waals surface area contributed by atoms with Gasteiger partial charge in [-0.1, -0.05) is 31.2 Å². The van der Waals surface area contributed by atoms with Crippen LogP contribution in [-0.2, 0) is 15.9 Å². The minimum Gasteiger partial charge on any atom is -0.379 e. The van der Waals surface area contributed by atoms with Crippen LogP contribution in [0.4, 0.5) is 0 Å². The fourth-order valence-corrected chi connectivity index (χ4v) is 1.64. The van der Waals surface area contributed by atoms with E-state index in [1.807, 2.05) is 31.2 Å². The van der Waals surface area contributed by atoms with Gasteiger partial charge in [0.05, 0.1) is 13.2 Å². The maximum atomic E-state index is 12.0. The van der Waals surface area contributed by atoms with Gasteiger partial charge in [-0.05, 0) is 25.8 Å². The van der Waals surface area contributed by atoms with Gasteiger partial charge in [-0.2, -0.15) is 0 Å². The van der Waals surface area contributed by atoms with Gasteiger partial charge in [0.2, 0.25) is 0 Å². The van der Waals surface area contributed by atoms with Crippen molar-refractivity contribution in [2.75, 3.05) is 19.8 Å². The molecule has 0 spiro atoms. The number of hydrogen-bond donors (Lipinski definition) is 0. The average molecular weight is 250 g/mol. The van der Waals surface area contributed by atoms with Crippen LogP contribution in [0.5, 0.6) is 0 Å². The van der Waals surface area contributed by atoms with E-state index < -0.39 is 6.10 Å². The monoisotopic (exact) mass is 250 g/mol. The molecule has 0 radical (unpaired) electrons. The molecule has 0 aliphatic heterocycles. The molecule has 1 aromatic rings. The summed E-state index contributed by atoms with van der Waals surface area (Å²) in [6.45, 7) is 7.46. The summed E-state index contributed by atoms with van der Waals surface area (Å²) in [6.07, 6.45) is 0.562. The highest BCUT2D eigenvalue weighted by molar-refractivity contribution is 5.99. The largest absolute Gasteiger partial charge is 0.379 e. The van der Waals surface area contributed by atoms with E-state index in [-0.39, 0.29) is 5.78 Å². The lowest BCUT2D eigenvalue weighted by molar-refractivity contribution is 0.0174. The first kappa shape index (κ1) is 14.9. The highest BCUT2D eigenvalue weighted by Gasteiger charge is 2.15. The number of hydrogen-bond acceptors (Lipinski definition) is 3. The summed E-state index contributed by atoms with van der Waals surface area (Å²) in [5.74, 6) is 0.0224. The van der Waals surface area contributed by atoms with E-state index in [9.17, 15) is 4.79 Å². The zero-order valence-corrected chi connectivity index (χ0v) is 11.4. The van der Waals surface area contributed by atoms with E-state index in [0.717, 1.165) is 6.42 Å². The molecule has 0 aliphatic carbocycles. The van der Waals surface area contributed by atoms with Gasteiger partial charge in [0.25, 0.3) is 0 Å².